The van der Waals surface area contributed by atoms with Gasteiger partial charge < -0.3 is 9.64 Å². The molecule has 116 valence electrons. The summed E-state index contributed by atoms with van der Waals surface area (Å²) >= 11 is 5.91. The van der Waals surface area contributed by atoms with Crippen molar-refractivity contribution in [2.45, 2.75) is 20.4 Å². The lowest BCUT2D eigenvalue weighted by Crippen LogP contribution is -2.22. The van der Waals surface area contributed by atoms with E-state index in [2.05, 4.69) is 11.8 Å². The van der Waals surface area contributed by atoms with Crippen molar-refractivity contribution in [1.29, 1.82) is 0 Å². The summed E-state index contributed by atoms with van der Waals surface area (Å²) in [6, 6.07) is 15.4. The molecule has 2 rings (SSSR count). The van der Waals surface area contributed by atoms with Gasteiger partial charge in [0.15, 0.2) is 0 Å². The van der Waals surface area contributed by atoms with Crippen LogP contribution in [0.1, 0.15) is 29.8 Å². The average molecular weight is 318 g/mol. The van der Waals surface area contributed by atoms with Crippen molar-refractivity contribution in [3.63, 3.8) is 0 Å². The smallest absolute Gasteiger partial charge is 0.338 e. The minimum Gasteiger partial charge on any atom is -0.462 e. The number of nitrogens with zero attached hydrogens (tertiary/aromatic N) is 1. The van der Waals surface area contributed by atoms with Gasteiger partial charge in [0.05, 0.1) is 12.2 Å². The molecule has 0 N–H and O–H groups in total. The second kappa shape index (κ2) is 7.85. The van der Waals surface area contributed by atoms with Gasteiger partial charge in [-0.3, -0.25) is 0 Å². The van der Waals surface area contributed by atoms with E-state index in [0.717, 1.165) is 23.8 Å². The Morgan fingerprint density at radius 1 is 1.05 bits per heavy atom. The molecule has 0 atom stereocenters. The van der Waals surface area contributed by atoms with E-state index in [-0.39, 0.29) is 5.97 Å². The number of rotatable bonds is 6. The summed E-state index contributed by atoms with van der Waals surface area (Å²) < 4.78 is 5.00. The average Bonchev–Trinajstić information content (AvgIpc) is 2.55. The van der Waals surface area contributed by atoms with Gasteiger partial charge in [-0.1, -0.05) is 23.7 Å². The highest BCUT2D eigenvalue weighted by atomic mass is 35.5. The normalized spacial score (nSPS) is 10.3. The van der Waals surface area contributed by atoms with Crippen LogP contribution >= 0.6 is 11.6 Å². The molecule has 0 spiro atoms. The van der Waals surface area contributed by atoms with Gasteiger partial charge in [0.2, 0.25) is 0 Å². The molecule has 0 bridgehead atoms. The Morgan fingerprint density at radius 2 is 1.68 bits per heavy atom. The molecule has 0 aliphatic carbocycles. The lowest BCUT2D eigenvalue weighted by atomic mass is 10.1. The summed E-state index contributed by atoms with van der Waals surface area (Å²) in [6.45, 7) is 5.97. The van der Waals surface area contributed by atoms with Crippen LogP contribution in [0.15, 0.2) is 48.5 Å². The quantitative estimate of drug-likeness (QED) is 0.732. The third-order valence-electron chi connectivity index (χ3n) is 3.41. The highest BCUT2D eigenvalue weighted by Gasteiger charge is 2.09. The summed E-state index contributed by atoms with van der Waals surface area (Å²) in [7, 11) is 0. The third kappa shape index (κ3) is 4.25. The molecule has 2 aromatic carbocycles. The molecule has 4 heteroatoms. The molecule has 22 heavy (non-hydrogen) atoms. The molecular weight excluding hydrogens is 298 g/mol. The number of hydrogen-bond acceptors (Lipinski definition) is 3. The van der Waals surface area contributed by atoms with E-state index in [1.165, 1.54) is 5.56 Å². The number of ether oxygens (including phenoxy) is 1. The first-order chi connectivity index (χ1) is 10.6. The van der Waals surface area contributed by atoms with Gasteiger partial charge >= 0.3 is 5.97 Å². The monoisotopic (exact) mass is 317 g/mol. The predicted octanol–water partition coefficient (Wildman–Crippen LogP) is 4.54. The molecule has 0 radical (unpaired) electrons. The van der Waals surface area contributed by atoms with Gasteiger partial charge in [-0.05, 0) is 55.8 Å². The molecule has 0 saturated carbocycles. The molecule has 0 aromatic heterocycles. The van der Waals surface area contributed by atoms with E-state index < -0.39 is 0 Å². The number of carbonyl (C=O) groups is 1. The molecule has 0 amide bonds. The van der Waals surface area contributed by atoms with Crippen LogP contribution in [0, 0.1) is 0 Å². The van der Waals surface area contributed by atoms with Crippen LogP contribution in [-0.4, -0.2) is 19.1 Å². The maximum absolute atomic E-state index is 11.7. The second-order valence-corrected chi connectivity index (χ2v) is 5.34. The van der Waals surface area contributed by atoms with Crippen molar-refractivity contribution in [2.75, 3.05) is 18.1 Å². The van der Waals surface area contributed by atoms with Gasteiger partial charge in [-0.15, -0.1) is 0 Å². The van der Waals surface area contributed by atoms with E-state index in [9.17, 15) is 4.79 Å². The van der Waals surface area contributed by atoms with Crippen LogP contribution in [-0.2, 0) is 11.3 Å². The molecule has 0 aliphatic heterocycles. The summed E-state index contributed by atoms with van der Waals surface area (Å²) in [5.74, 6) is -0.283. The van der Waals surface area contributed by atoms with Crippen LogP contribution in [0.25, 0.3) is 0 Å². The Kier molecular flexibility index (Phi) is 5.84. The van der Waals surface area contributed by atoms with Crippen molar-refractivity contribution >= 4 is 23.3 Å². The van der Waals surface area contributed by atoms with Crippen molar-refractivity contribution in [3.05, 3.63) is 64.7 Å². The second-order valence-electron chi connectivity index (χ2n) is 4.91. The molecule has 0 saturated heterocycles. The lowest BCUT2D eigenvalue weighted by molar-refractivity contribution is 0.0526. The first kappa shape index (κ1) is 16.4. The first-order valence-corrected chi connectivity index (χ1v) is 7.78. The maximum atomic E-state index is 11.7. The van der Waals surface area contributed by atoms with Gasteiger partial charge in [0.25, 0.3) is 0 Å². The Hall–Kier alpha value is -2.00. The van der Waals surface area contributed by atoms with E-state index in [1.807, 2.05) is 36.4 Å². The summed E-state index contributed by atoms with van der Waals surface area (Å²) in [5.41, 5.74) is 2.85. The number of esters is 1. The van der Waals surface area contributed by atoms with Gasteiger partial charge in [0, 0.05) is 23.8 Å². The summed E-state index contributed by atoms with van der Waals surface area (Å²) in [6.07, 6.45) is 0. The number of hydrogen-bond donors (Lipinski definition) is 0. The van der Waals surface area contributed by atoms with Crippen molar-refractivity contribution in [1.82, 2.24) is 0 Å². The molecule has 0 aliphatic rings. The van der Waals surface area contributed by atoms with Crippen LogP contribution < -0.4 is 4.90 Å². The van der Waals surface area contributed by atoms with E-state index in [4.69, 9.17) is 16.3 Å². The topological polar surface area (TPSA) is 29.5 Å². The van der Waals surface area contributed by atoms with E-state index in [1.54, 1.807) is 19.1 Å². The van der Waals surface area contributed by atoms with Crippen LogP contribution in [0.2, 0.25) is 5.02 Å². The zero-order chi connectivity index (χ0) is 15.9. The minimum atomic E-state index is -0.283. The fourth-order valence-electron chi connectivity index (χ4n) is 2.22. The van der Waals surface area contributed by atoms with Gasteiger partial charge in [-0.25, -0.2) is 4.79 Å². The molecule has 0 fully saturated rings. The minimum absolute atomic E-state index is 0.283. The third-order valence-corrected chi connectivity index (χ3v) is 3.66. The van der Waals surface area contributed by atoms with E-state index >= 15 is 0 Å². The van der Waals surface area contributed by atoms with E-state index in [0.29, 0.717) is 12.2 Å². The Labute approximate surface area is 136 Å². The summed E-state index contributed by atoms with van der Waals surface area (Å²) in [5, 5.41) is 0.741. The molecule has 3 nitrogen and oxygen atoms in total. The molecule has 0 unspecified atom stereocenters. The zero-order valence-electron chi connectivity index (χ0n) is 12.9. The predicted molar refractivity (Wildman–Crippen MR) is 90.6 cm³/mol. The number of carbonyl (C=O) groups excluding carboxylic acids is 1. The highest BCUT2D eigenvalue weighted by molar-refractivity contribution is 6.30. The largest absolute Gasteiger partial charge is 0.462 e. The molecule has 0 heterocycles. The van der Waals surface area contributed by atoms with Gasteiger partial charge in [0.1, 0.15) is 0 Å². The number of benzene rings is 2. The van der Waals surface area contributed by atoms with Crippen LogP contribution in [0.3, 0.4) is 0 Å². The number of anilines is 1. The fraction of sp³-hybridized carbons (Fsp3) is 0.278. The molecular formula is C18H20ClNO2. The Bertz CT molecular complexity index is 608. The van der Waals surface area contributed by atoms with Crippen molar-refractivity contribution < 1.29 is 9.53 Å². The number of halogens is 1. The van der Waals surface area contributed by atoms with Crippen molar-refractivity contribution in [3.8, 4) is 0 Å². The fourth-order valence-corrected chi connectivity index (χ4v) is 2.34. The standard InChI is InChI=1S/C18H20ClNO2/c1-3-20(13-14-5-9-16(19)10-6-14)17-11-7-15(8-12-17)18(21)22-4-2/h5-12H,3-4,13H2,1-2H3. The lowest BCUT2D eigenvalue weighted by Gasteiger charge is -2.23. The Balaban J connectivity index is 2.10. The highest BCUT2D eigenvalue weighted by Crippen LogP contribution is 2.19. The van der Waals surface area contributed by atoms with Gasteiger partial charge in [-0.2, -0.15) is 0 Å². The first-order valence-electron chi connectivity index (χ1n) is 7.40. The Morgan fingerprint density at radius 3 is 2.23 bits per heavy atom. The summed E-state index contributed by atoms with van der Waals surface area (Å²) in [4.78, 5) is 13.9. The zero-order valence-corrected chi connectivity index (χ0v) is 13.6. The SMILES string of the molecule is CCOC(=O)c1ccc(N(CC)Cc2ccc(Cl)cc2)cc1. The van der Waals surface area contributed by atoms with Crippen LogP contribution in [0.5, 0.6) is 0 Å². The maximum Gasteiger partial charge on any atom is 0.338 e. The van der Waals surface area contributed by atoms with Crippen molar-refractivity contribution in [2.24, 2.45) is 0 Å². The molecule has 2 aromatic rings. The van der Waals surface area contributed by atoms with Crippen LogP contribution in [0.4, 0.5) is 5.69 Å².